The Morgan fingerprint density at radius 3 is 2.79 bits per heavy atom. The molecule has 14 heavy (non-hydrogen) atoms. The molecule has 0 aromatic heterocycles. The molecule has 1 aromatic carbocycles. The first-order chi connectivity index (χ1) is 6.52. The number of rotatable bonds is 2. The van der Waals surface area contributed by atoms with Gasteiger partial charge >= 0.3 is 5.69 Å². The van der Waals surface area contributed by atoms with Gasteiger partial charge in [0, 0.05) is 0 Å². The minimum atomic E-state index is -0.937. The summed E-state index contributed by atoms with van der Waals surface area (Å²) in [5, 5.41) is 12.8. The van der Waals surface area contributed by atoms with E-state index < -0.39 is 16.4 Å². The van der Waals surface area contributed by atoms with Crippen molar-refractivity contribution >= 4 is 39.6 Å². The third kappa shape index (κ3) is 2.36. The van der Waals surface area contributed by atoms with Crippen LogP contribution in [0.25, 0.3) is 0 Å². The lowest BCUT2D eigenvalue weighted by Gasteiger charge is -2.03. The number of para-hydroxylation sites is 1. The molecule has 4 nitrogen and oxygen atoms in total. The fraction of sp³-hybridized carbons (Fsp3) is 0. The van der Waals surface area contributed by atoms with Crippen LogP contribution in [-0.4, -0.2) is 9.37 Å². The highest BCUT2D eigenvalue weighted by atomic mass is 35.5. The zero-order chi connectivity index (χ0) is 10.7. The van der Waals surface area contributed by atoms with Gasteiger partial charge in [0.15, 0.2) is 4.45 Å². The molecule has 0 aliphatic rings. The first-order valence-corrected chi connectivity index (χ1v) is 4.20. The second-order valence-corrected chi connectivity index (χ2v) is 3.30. The predicted molar refractivity (Wildman–Crippen MR) is 55.1 cm³/mol. The Kier molecular flexibility index (Phi) is 3.32. The minimum Gasteiger partial charge on any atom is -0.331 e. The summed E-state index contributed by atoms with van der Waals surface area (Å²) < 4.78 is 12.8. The molecule has 0 saturated heterocycles. The number of halogens is 2. The number of nitrogens with one attached hydrogen (secondary N) is 1. The van der Waals surface area contributed by atoms with Crippen molar-refractivity contribution in [2.75, 3.05) is 5.32 Å². The van der Waals surface area contributed by atoms with Gasteiger partial charge in [-0.1, -0.05) is 17.7 Å². The highest BCUT2D eigenvalue weighted by molar-refractivity contribution is 7.83. The van der Waals surface area contributed by atoms with Gasteiger partial charge in [-0.15, -0.1) is 0 Å². The van der Waals surface area contributed by atoms with Gasteiger partial charge in [-0.25, -0.2) is 0 Å². The summed E-state index contributed by atoms with van der Waals surface area (Å²) in [4.78, 5) is 9.62. The second kappa shape index (κ2) is 4.30. The number of anilines is 1. The van der Waals surface area contributed by atoms with Gasteiger partial charge in [0.05, 0.1) is 4.92 Å². The summed E-state index contributed by atoms with van der Waals surface area (Å²) in [5.74, 6) is -0.937. The van der Waals surface area contributed by atoms with Crippen LogP contribution < -0.4 is 5.32 Å². The van der Waals surface area contributed by atoms with Gasteiger partial charge in [-0.3, -0.25) is 10.1 Å². The van der Waals surface area contributed by atoms with E-state index in [9.17, 15) is 14.5 Å². The smallest absolute Gasteiger partial charge is 0.328 e. The molecule has 1 aromatic rings. The first-order valence-electron chi connectivity index (χ1n) is 3.41. The van der Waals surface area contributed by atoms with Gasteiger partial charge in [-0.2, -0.15) is 4.39 Å². The number of nitro groups is 1. The molecule has 7 heteroatoms. The summed E-state index contributed by atoms with van der Waals surface area (Å²) in [6.45, 7) is 0. The van der Waals surface area contributed by atoms with E-state index in [0.29, 0.717) is 0 Å². The van der Waals surface area contributed by atoms with Crippen molar-refractivity contribution in [2.24, 2.45) is 0 Å². The number of nitrogens with zero attached hydrogens (tertiary/aromatic N) is 1. The van der Waals surface area contributed by atoms with E-state index in [1.807, 2.05) is 0 Å². The molecule has 74 valence electrons. The van der Waals surface area contributed by atoms with Crippen molar-refractivity contribution in [3.8, 4) is 0 Å². The second-order valence-electron chi connectivity index (χ2n) is 2.29. The maximum Gasteiger partial charge on any atom is 0.328 e. The van der Waals surface area contributed by atoms with Crippen molar-refractivity contribution in [2.45, 2.75) is 0 Å². The Labute approximate surface area is 88.8 Å². The number of thiocarbonyl (C=S) groups is 1. The fourth-order valence-electron chi connectivity index (χ4n) is 0.908. The lowest BCUT2D eigenvalue weighted by Crippen LogP contribution is -2.05. The zero-order valence-electron chi connectivity index (χ0n) is 6.66. The maximum absolute atomic E-state index is 13.0. The van der Waals surface area contributed by atoms with Crippen LogP contribution in [0.4, 0.5) is 15.8 Å². The number of nitro benzene ring substituents is 1. The van der Waals surface area contributed by atoms with E-state index in [1.54, 1.807) is 0 Å². The Morgan fingerprint density at radius 1 is 1.64 bits per heavy atom. The van der Waals surface area contributed by atoms with E-state index in [4.69, 9.17) is 11.6 Å². The zero-order valence-corrected chi connectivity index (χ0v) is 8.23. The molecule has 0 radical (unpaired) electrons. The van der Waals surface area contributed by atoms with Gasteiger partial charge in [0.2, 0.25) is 5.82 Å². The lowest BCUT2D eigenvalue weighted by molar-refractivity contribution is -0.386. The highest BCUT2D eigenvalue weighted by Gasteiger charge is 2.19. The number of hydrogen-bond donors (Lipinski definition) is 1. The predicted octanol–water partition coefficient (Wildman–Crippen LogP) is 2.67. The van der Waals surface area contributed by atoms with Crippen molar-refractivity contribution < 1.29 is 9.31 Å². The standard InChI is InChI=1S/C7H4ClFN2O2S/c8-7(14)10-5-3-1-2-4(9)6(5)11(12)13/h1-3H,(H,10,14). The molecular formula is C7H4ClFN2O2S. The number of hydrogen-bond acceptors (Lipinski definition) is 3. The average molecular weight is 235 g/mol. The Bertz CT molecular complexity index is 399. The van der Waals surface area contributed by atoms with Crippen molar-refractivity contribution in [1.29, 1.82) is 0 Å². The molecule has 0 fully saturated rings. The Morgan fingerprint density at radius 2 is 2.29 bits per heavy atom. The van der Waals surface area contributed by atoms with Gasteiger partial charge in [0.1, 0.15) is 5.69 Å². The van der Waals surface area contributed by atoms with Crippen molar-refractivity contribution in [1.82, 2.24) is 0 Å². The molecule has 1 rings (SSSR count). The maximum atomic E-state index is 13.0. The normalized spacial score (nSPS) is 9.57. The van der Waals surface area contributed by atoms with Gasteiger partial charge in [-0.05, 0) is 24.4 Å². The van der Waals surface area contributed by atoms with Gasteiger partial charge < -0.3 is 5.32 Å². The van der Waals surface area contributed by atoms with E-state index >= 15 is 0 Å². The number of benzene rings is 1. The quantitative estimate of drug-likeness (QED) is 0.281. The topological polar surface area (TPSA) is 55.2 Å². The van der Waals surface area contributed by atoms with Gasteiger partial charge in [0.25, 0.3) is 0 Å². The first kappa shape index (κ1) is 10.8. The largest absolute Gasteiger partial charge is 0.331 e. The molecule has 1 N–H and O–H groups in total. The van der Waals surface area contributed by atoms with E-state index in [1.165, 1.54) is 12.1 Å². The summed E-state index contributed by atoms with van der Waals surface area (Å²) in [6.07, 6.45) is 0. The molecule has 0 bridgehead atoms. The summed E-state index contributed by atoms with van der Waals surface area (Å²) >= 11 is 9.79. The van der Waals surface area contributed by atoms with Crippen molar-refractivity contribution in [3.63, 3.8) is 0 Å². The van der Waals surface area contributed by atoms with E-state index in [2.05, 4.69) is 17.5 Å². The van der Waals surface area contributed by atoms with Crippen LogP contribution in [0.5, 0.6) is 0 Å². The fourth-order valence-corrected chi connectivity index (χ4v) is 1.12. The molecule has 0 unspecified atom stereocenters. The van der Waals surface area contributed by atoms with Crippen LogP contribution in [0.2, 0.25) is 0 Å². The summed E-state index contributed by atoms with van der Waals surface area (Å²) in [7, 11) is 0. The molecule has 0 atom stereocenters. The molecule has 0 amide bonds. The summed E-state index contributed by atoms with van der Waals surface area (Å²) in [5.41, 5.74) is -0.731. The molecule has 0 spiro atoms. The summed E-state index contributed by atoms with van der Waals surface area (Å²) in [6, 6.07) is 3.62. The monoisotopic (exact) mass is 234 g/mol. The third-order valence-electron chi connectivity index (χ3n) is 1.40. The SMILES string of the molecule is O=[N+]([O-])c1c(F)cccc1NC(=S)Cl. The minimum absolute atomic E-state index is 0.0602. The lowest BCUT2D eigenvalue weighted by atomic mass is 10.2. The molecule has 0 saturated carbocycles. The average Bonchev–Trinajstić information content (AvgIpc) is 2.01. The molecule has 0 aliphatic heterocycles. The van der Waals surface area contributed by atoms with Crippen molar-refractivity contribution in [3.05, 3.63) is 34.1 Å². The molecule has 0 aliphatic carbocycles. The third-order valence-corrected chi connectivity index (χ3v) is 1.60. The van der Waals surface area contributed by atoms with E-state index in [0.717, 1.165) is 6.07 Å². The van der Waals surface area contributed by atoms with Crippen LogP contribution in [0, 0.1) is 15.9 Å². The Hall–Kier alpha value is -1.27. The van der Waals surface area contributed by atoms with Crippen LogP contribution >= 0.6 is 23.8 Å². The van der Waals surface area contributed by atoms with Crippen LogP contribution in [0.1, 0.15) is 0 Å². The van der Waals surface area contributed by atoms with Crippen LogP contribution in [0.15, 0.2) is 18.2 Å². The Balaban J connectivity index is 3.21. The van der Waals surface area contributed by atoms with Crippen LogP contribution in [-0.2, 0) is 0 Å². The molecule has 0 heterocycles. The van der Waals surface area contributed by atoms with Crippen LogP contribution in [0.3, 0.4) is 0 Å². The van der Waals surface area contributed by atoms with E-state index in [-0.39, 0.29) is 10.1 Å². The molecular weight excluding hydrogens is 231 g/mol. The highest BCUT2D eigenvalue weighted by Crippen LogP contribution is 2.27.